The second kappa shape index (κ2) is 7.83. The topological polar surface area (TPSA) is 70.0 Å². The molecule has 0 amide bonds. The zero-order valence-electron chi connectivity index (χ0n) is 10.8. The van der Waals surface area contributed by atoms with Crippen molar-refractivity contribution in [2.75, 3.05) is 33.4 Å². The number of carboxylic acid groups (broad SMARTS) is 1. The molecular weight excluding hydrogens is 253 g/mol. The van der Waals surface area contributed by atoms with Crippen LogP contribution in [0.3, 0.4) is 0 Å². The van der Waals surface area contributed by atoms with Crippen molar-refractivity contribution in [1.29, 1.82) is 0 Å². The number of likely N-dealkylation sites (N-methyl/N-ethyl adjacent to an activating group) is 1. The van der Waals surface area contributed by atoms with E-state index in [4.69, 9.17) is 14.9 Å². The standard InChI is InChI=1S/C13H18FNO4/c1-15(4-6-19-7-5-16)9-10-2-3-11(13(17)18)12(14)8-10/h2-3,8,16H,4-7,9H2,1H3,(H,17,18). The summed E-state index contributed by atoms with van der Waals surface area (Å²) in [5, 5.41) is 17.3. The third-order valence-electron chi connectivity index (χ3n) is 2.57. The lowest BCUT2D eigenvalue weighted by atomic mass is 10.1. The highest BCUT2D eigenvalue weighted by Crippen LogP contribution is 2.12. The lowest BCUT2D eigenvalue weighted by Gasteiger charge is -2.16. The number of carbonyl (C=O) groups is 1. The van der Waals surface area contributed by atoms with Gasteiger partial charge in [0.15, 0.2) is 0 Å². The van der Waals surface area contributed by atoms with Gasteiger partial charge in [0, 0.05) is 13.1 Å². The predicted molar refractivity (Wildman–Crippen MR) is 67.6 cm³/mol. The molecule has 5 nitrogen and oxygen atoms in total. The fourth-order valence-electron chi connectivity index (χ4n) is 1.61. The van der Waals surface area contributed by atoms with Gasteiger partial charge in [0.05, 0.1) is 25.4 Å². The van der Waals surface area contributed by atoms with E-state index in [0.717, 1.165) is 0 Å². The van der Waals surface area contributed by atoms with Crippen molar-refractivity contribution in [2.45, 2.75) is 6.54 Å². The molecule has 106 valence electrons. The molecule has 2 N–H and O–H groups in total. The van der Waals surface area contributed by atoms with Crippen LogP contribution in [0.15, 0.2) is 18.2 Å². The first kappa shape index (κ1) is 15.6. The minimum atomic E-state index is -1.27. The summed E-state index contributed by atoms with van der Waals surface area (Å²) < 4.78 is 18.6. The highest BCUT2D eigenvalue weighted by atomic mass is 19.1. The largest absolute Gasteiger partial charge is 0.478 e. The maximum absolute atomic E-state index is 13.5. The molecule has 0 aromatic heterocycles. The van der Waals surface area contributed by atoms with E-state index in [1.54, 1.807) is 6.07 Å². The van der Waals surface area contributed by atoms with E-state index >= 15 is 0 Å². The summed E-state index contributed by atoms with van der Waals surface area (Å²) >= 11 is 0. The minimum absolute atomic E-state index is 0.00836. The van der Waals surface area contributed by atoms with Gasteiger partial charge in [-0.25, -0.2) is 9.18 Å². The lowest BCUT2D eigenvalue weighted by Crippen LogP contribution is -2.23. The summed E-state index contributed by atoms with van der Waals surface area (Å²) in [6, 6.07) is 4.09. The van der Waals surface area contributed by atoms with Gasteiger partial charge in [-0.05, 0) is 24.7 Å². The zero-order valence-corrected chi connectivity index (χ0v) is 10.8. The first-order valence-electron chi connectivity index (χ1n) is 5.93. The molecular formula is C13H18FNO4. The monoisotopic (exact) mass is 271 g/mol. The van der Waals surface area contributed by atoms with E-state index in [1.165, 1.54) is 12.1 Å². The van der Waals surface area contributed by atoms with E-state index < -0.39 is 11.8 Å². The van der Waals surface area contributed by atoms with Gasteiger partial charge in [0.25, 0.3) is 0 Å². The number of aromatic carboxylic acids is 1. The van der Waals surface area contributed by atoms with Gasteiger partial charge in [-0.15, -0.1) is 0 Å². The molecule has 0 saturated carbocycles. The van der Waals surface area contributed by atoms with E-state index in [0.29, 0.717) is 31.9 Å². The number of rotatable bonds is 8. The Kier molecular flexibility index (Phi) is 6.41. The number of hydrogen-bond donors (Lipinski definition) is 2. The third-order valence-corrected chi connectivity index (χ3v) is 2.57. The quantitative estimate of drug-likeness (QED) is 0.689. The highest BCUT2D eigenvalue weighted by Gasteiger charge is 2.11. The molecule has 6 heteroatoms. The molecule has 0 atom stereocenters. The van der Waals surface area contributed by atoms with E-state index in [-0.39, 0.29) is 12.2 Å². The number of hydrogen-bond acceptors (Lipinski definition) is 4. The molecule has 0 heterocycles. The van der Waals surface area contributed by atoms with Crippen molar-refractivity contribution in [3.8, 4) is 0 Å². The normalized spacial score (nSPS) is 10.9. The summed E-state index contributed by atoms with van der Waals surface area (Å²) in [6.45, 7) is 1.91. The Balaban J connectivity index is 2.48. The van der Waals surface area contributed by atoms with Crippen molar-refractivity contribution in [1.82, 2.24) is 4.90 Å². The molecule has 19 heavy (non-hydrogen) atoms. The van der Waals surface area contributed by atoms with Gasteiger partial charge >= 0.3 is 5.97 Å². The summed E-state index contributed by atoms with van der Waals surface area (Å²) in [5.41, 5.74) is 0.379. The van der Waals surface area contributed by atoms with Crippen LogP contribution in [0.2, 0.25) is 0 Å². The molecule has 1 rings (SSSR count). The zero-order chi connectivity index (χ0) is 14.3. The SMILES string of the molecule is CN(CCOCCO)Cc1ccc(C(=O)O)c(F)c1. The van der Waals surface area contributed by atoms with Crippen LogP contribution in [-0.4, -0.2) is 54.5 Å². The smallest absolute Gasteiger partial charge is 0.338 e. The number of nitrogens with zero attached hydrogens (tertiary/aromatic N) is 1. The predicted octanol–water partition coefficient (Wildman–Crippen LogP) is 0.965. The van der Waals surface area contributed by atoms with Crippen LogP contribution in [-0.2, 0) is 11.3 Å². The van der Waals surface area contributed by atoms with Crippen LogP contribution in [0, 0.1) is 5.82 Å². The second-order valence-electron chi connectivity index (χ2n) is 4.19. The molecule has 0 spiro atoms. The second-order valence-corrected chi connectivity index (χ2v) is 4.19. The average molecular weight is 271 g/mol. The Bertz CT molecular complexity index is 425. The van der Waals surface area contributed by atoms with Gasteiger partial charge in [-0.2, -0.15) is 0 Å². The number of carboxylic acids is 1. The summed E-state index contributed by atoms with van der Waals surface area (Å²) in [7, 11) is 1.85. The maximum atomic E-state index is 13.5. The van der Waals surface area contributed by atoms with E-state index in [9.17, 15) is 9.18 Å². The number of aliphatic hydroxyl groups is 1. The van der Waals surface area contributed by atoms with Gasteiger partial charge in [0.2, 0.25) is 0 Å². The van der Waals surface area contributed by atoms with Crippen molar-refractivity contribution < 1.29 is 24.1 Å². The number of aliphatic hydroxyl groups excluding tert-OH is 1. The van der Waals surface area contributed by atoms with Crippen LogP contribution in [0.5, 0.6) is 0 Å². The highest BCUT2D eigenvalue weighted by molar-refractivity contribution is 5.87. The van der Waals surface area contributed by atoms with Crippen molar-refractivity contribution in [3.63, 3.8) is 0 Å². The molecule has 0 aliphatic rings. The van der Waals surface area contributed by atoms with E-state index in [1.807, 2.05) is 11.9 Å². The van der Waals surface area contributed by atoms with Crippen LogP contribution in [0.25, 0.3) is 0 Å². The number of halogens is 1. The molecule has 0 bridgehead atoms. The molecule has 0 aliphatic carbocycles. The van der Waals surface area contributed by atoms with Gasteiger partial charge in [-0.3, -0.25) is 4.90 Å². The van der Waals surface area contributed by atoms with Crippen molar-refractivity contribution in [2.24, 2.45) is 0 Å². The first-order valence-corrected chi connectivity index (χ1v) is 5.93. The van der Waals surface area contributed by atoms with Crippen LogP contribution < -0.4 is 0 Å². The molecule has 0 saturated heterocycles. The lowest BCUT2D eigenvalue weighted by molar-refractivity contribution is 0.0692. The van der Waals surface area contributed by atoms with Crippen molar-refractivity contribution in [3.05, 3.63) is 35.1 Å². The summed E-state index contributed by atoms with van der Waals surface area (Å²) in [5.74, 6) is -2.00. The van der Waals surface area contributed by atoms with E-state index in [2.05, 4.69) is 0 Å². The third kappa shape index (κ3) is 5.34. The Labute approximate surface area is 111 Å². The maximum Gasteiger partial charge on any atom is 0.338 e. The van der Waals surface area contributed by atoms with Crippen LogP contribution in [0.1, 0.15) is 15.9 Å². The average Bonchev–Trinajstić information content (AvgIpc) is 2.34. The molecule has 1 aromatic carbocycles. The van der Waals surface area contributed by atoms with Crippen LogP contribution >= 0.6 is 0 Å². The Hall–Kier alpha value is -1.50. The minimum Gasteiger partial charge on any atom is -0.478 e. The Morgan fingerprint density at radius 3 is 2.74 bits per heavy atom. The Morgan fingerprint density at radius 1 is 1.42 bits per heavy atom. The Morgan fingerprint density at radius 2 is 2.16 bits per heavy atom. The fraction of sp³-hybridized carbons (Fsp3) is 0.462. The molecule has 0 unspecified atom stereocenters. The van der Waals surface area contributed by atoms with Gasteiger partial charge in [-0.1, -0.05) is 6.07 Å². The molecule has 0 fully saturated rings. The van der Waals surface area contributed by atoms with Gasteiger partial charge in [0.1, 0.15) is 5.82 Å². The van der Waals surface area contributed by atoms with Gasteiger partial charge < -0.3 is 14.9 Å². The summed E-state index contributed by atoms with van der Waals surface area (Å²) in [4.78, 5) is 12.6. The molecule has 0 radical (unpaired) electrons. The number of ether oxygens (including phenoxy) is 1. The first-order chi connectivity index (χ1) is 9.04. The summed E-state index contributed by atoms with van der Waals surface area (Å²) in [6.07, 6.45) is 0. The molecule has 0 aliphatic heterocycles. The van der Waals surface area contributed by atoms with Crippen LogP contribution in [0.4, 0.5) is 4.39 Å². The fourth-order valence-corrected chi connectivity index (χ4v) is 1.61. The molecule has 1 aromatic rings. The van der Waals surface area contributed by atoms with Crippen molar-refractivity contribution >= 4 is 5.97 Å². The number of benzene rings is 1.